The monoisotopic (exact) mass is 778 g/mol. The number of carbonyl (C=O) groups is 4. The molecule has 5 N–H and O–H groups in total. The van der Waals surface area contributed by atoms with Gasteiger partial charge >= 0.3 is 23.9 Å². The van der Waals surface area contributed by atoms with E-state index in [0.717, 1.165) is 24.8 Å². The van der Waals surface area contributed by atoms with E-state index in [1.165, 1.54) is 14.2 Å². The molecule has 55 heavy (non-hydrogen) atoms. The van der Waals surface area contributed by atoms with Crippen LogP contribution in [0, 0.1) is 50.2 Å². The number of aliphatic hydroxyl groups excluding tert-OH is 5. The van der Waals surface area contributed by atoms with Gasteiger partial charge in [0.25, 0.3) is 0 Å². The van der Waals surface area contributed by atoms with Gasteiger partial charge < -0.3 is 49.2 Å². The molecule has 5 aliphatic carbocycles. The van der Waals surface area contributed by atoms with Crippen molar-refractivity contribution in [1.82, 2.24) is 0 Å². The summed E-state index contributed by atoms with van der Waals surface area (Å²) >= 11 is 0. The Hall–Kier alpha value is -2.62. The fraction of sp³-hybridized carbons (Fsp3) is 0.854. The van der Waals surface area contributed by atoms with Crippen molar-refractivity contribution >= 4 is 23.9 Å². The molecular weight excluding hydrogens is 716 g/mol. The molecule has 14 nitrogen and oxygen atoms in total. The second-order valence-electron chi connectivity index (χ2n) is 18.9. The van der Waals surface area contributed by atoms with Crippen LogP contribution in [0.3, 0.4) is 0 Å². The number of rotatable bonds is 8. The van der Waals surface area contributed by atoms with Gasteiger partial charge in [-0.3, -0.25) is 19.2 Å². The molecule has 1 heterocycles. The summed E-state index contributed by atoms with van der Waals surface area (Å²) in [6.45, 7) is 10.1. The van der Waals surface area contributed by atoms with Crippen LogP contribution in [-0.2, 0) is 42.9 Å². The molecule has 15 atom stereocenters. The van der Waals surface area contributed by atoms with E-state index in [2.05, 4.69) is 31.6 Å². The average molecular weight is 779 g/mol. The average Bonchev–Trinajstić information content (AvgIpc) is 3.15. The summed E-state index contributed by atoms with van der Waals surface area (Å²) in [4.78, 5) is 52.5. The van der Waals surface area contributed by atoms with E-state index < -0.39 is 84.0 Å². The predicted molar refractivity (Wildman–Crippen MR) is 193 cm³/mol. The summed E-state index contributed by atoms with van der Waals surface area (Å²) in [7, 11) is 2.58. The number of carbonyl (C=O) groups excluding carboxylic acids is 4. The number of esters is 4. The van der Waals surface area contributed by atoms with Crippen molar-refractivity contribution in [3.05, 3.63) is 11.6 Å². The van der Waals surface area contributed by atoms with Crippen molar-refractivity contribution in [2.24, 2.45) is 50.2 Å². The summed E-state index contributed by atoms with van der Waals surface area (Å²) in [6.07, 6.45) is -1.11. The van der Waals surface area contributed by atoms with Gasteiger partial charge in [0.05, 0.1) is 44.4 Å². The van der Waals surface area contributed by atoms with Crippen LogP contribution in [0.2, 0.25) is 0 Å². The van der Waals surface area contributed by atoms with Gasteiger partial charge in [0, 0.05) is 5.41 Å². The van der Waals surface area contributed by atoms with Crippen molar-refractivity contribution < 1.29 is 68.4 Å². The molecule has 0 spiro atoms. The zero-order valence-electron chi connectivity index (χ0n) is 33.4. The normalized spacial score (nSPS) is 47.7. The second-order valence-corrected chi connectivity index (χ2v) is 18.9. The van der Waals surface area contributed by atoms with E-state index in [1.807, 2.05) is 13.8 Å². The van der Waals surface area contributed by atoms with Gasteiger partial charge in [0.1, 0.15) is 30.8 Å². The van der Waals surface area contributed by atoms with Gasteiger partial charge in [-0.1, -0.05) is 39.3 Å². The Labute approximate surface area is 323 Å². The van der Waals surface area contributed by atoms with E-state index in [9.17, 15) is 44.7 Å². The SMILES string of the molecule is COC(=O)CC(=O)OC[C@]1(C)CC[C@]2(C(=O)O[C@H]3O[C@@H](CO)[C@H](O)[C@@H](O)[C@@H]3O)CC[C@]3(C)C(=CC[C@@H]4[C@@]5(C)CC[C@H](O)[C@@](C)(C(=O)OC)[C@@H]5CC[C@]43C)[C@@H]2C1. The third-order valence-electron chi connectivity index (χ3n) is 16.3. The number of hydrogen-bond donors (Lipinski definition) is 5. The molecule has 4 saturated carbocycles. The van der Waals surface area contributed by atoms with Crippen molar-refractivity contribution in [1.29, 1.82) is 0 Å². The first-order chi connectivity index (χ1) is 25.7. The summed E-state index contributed by atoms with van der Waals surface area (Å²) in [5.74, 6) is -2.70. The van der Waals surface area contributed by atoms with Crippen LogP contribution in [0.1, 0.15) is 105 Å². The van der Waals surface area contributed by atoms with Crippen LogP contribution < -0.4 is 0 Å². The predicted octanol–water partition coefficient (Wildman–Crippen LogP) is 2.73. The Balaban J connectivity index is 1.37. The van der Waals surface area contributed by atoms with E-state index in [-0.39, 0.29) is 46.6 Å². The molecule has 0 aromatic carbocycles. The topological polar surface area (TPSA) is 216 Å². The van der Waals surface area contributed by atoms with Gasteiger partial charge in [0.2, 0.25) is 6.29 Å². The van der Waals surface area contributed by atoms with Crippen LogP contribution >= 0.6 is 0 Å². The van der Waals surface area contributed by atoms with Gasteiger partial charge in [-0.25, -0.2) is 0 Å². The first-order valence-corrected chi connectivity index (χ1v) is 19.9. The summed E-state index contributed by atoms with van der Waals surface area (Å²) in [6, 6.07) is 0. The number of methoxy groups -OCH3 is 2. The van der Waals surface area contributed by atoms with Crippen LogP contribution in [0.4, 0.5) is 0 Å². The quantitative estimate of drug-likeness (QED) is 0.104. The highest BCUT2D eigenvalue weighted by Crippen LogP contribution is 2.76. The summed E-state index contributed by atoms with van der Waals surface area (Å²) in [5.41, 5.74) is -2.49. The fourth-order valence-corrected chi connectivity index (χ4v) is 12.7. The molecule has 0 amide bonds. The smallest absolute Gasteiger partial charge is 0.317 e. The number of allylic oxidation sites excluding steroid dienone is 2. The Morgan fingerprint density at radius 1 is 0.800 bits per heavy atom. The van der Waals surface area contributed by atoms with Gasteiger partial charge in [0.15, 0.2) is 0 Å². The number of aliphatic hydroxyl groups is 5. The summed E-state index contributed by atoms with van der Waals surface area (Å²) in [5, 5.41) is 52.8. The van der Waals surface area contributed by atoms with Crippen LogP contribution in [0.15, 0.2) is 11.6 Å². The molecule has 0 unspecified atom stereocenters. The number of hydrogen-bond acceptors (Lipinski definition) is 14. The molecular formula is C41H62O14. The molecule has 6 rings (SSSR count). The van der Waals surface area contributed by atoms with Crippen LogP contribution in [-0.4, -0.2) is 114 Å². The first-order valence-electron chi connectivity index (χ1n) is 19.9. The largest absolute Gasteiger partial charge is 0.469 e. The maximum atomic E-state index is 14.7. The molecule has 1 aliphatic heterocycles. The van der Waals surface area contributed by atoms with Crippen molar-refractivity contribution in [2.45, 2.75) is 142 Å². The lowest BCUT2D eigenvalue weighted by atomic mass is 9.33. The molecule has 6 aliphatic rings. The molecule has 0 aromatic heterocycles. The van der Waals surface area contributed by atoms with E-state index >= 15 is 0 Å². The molecule has 0 radical (unpaired) electrons. The standard InChI is InChI=1S/C41H62O14/c1-36(21-53-29(45)18-28(44)51-6)14-16-41(35(50)55-33-32(48)31(47)30(46)24(20-42)54-33)17-15-38(3)22(23(41)19-36)8-9-25-37(2)12-11-27(43)40(5,34(49)52-7)26(37)10-13-39(25,38)4/h8,23-27,30-33,42-43,46-48H,9-21H2,1-7H3/t23-,24-,25+,26+,27-,30-,31+,32-,33+,36+,37+,38+,39+,40-,41-/m0/s1. The van der Waals surface area contributed by atoms with Gasteiger partial charge in [-0.05, 0) is 105 Å². The Kier molecular flexibility index (Phi) is 11.2. The Morgan fingerprint density at radius 3 is 2.15 bits per heavy atom. The second kappa shape index (κ2) is 14.6. The minimum absolute atomic E-state index is 0.0231. The van der Waals surface area contributed by atoms with Crippen molar-refractivity contribution in [2.75, 3.05) is 27.4 Å². The zero-order valence-corrected chi connectivity index (χ0v) is 33.4. The lowest BCUT2D eigenvalue weighted by Gasteiger charge is -2.71. The maximum absolute atomic E-state index is 14.7. The van der Waals surface area contributed by atoms with Crippen molar-refractivity contribution in [3.8, 4) is 0 Å². The number of fused-ring (bicyclic) bond motifs is 7. The maximum Gasteiger partial charge on any atom is 0.317 e. The van der Waals surface area contributed by atoms with Gasteiger partial charge in [-0.2, -0.15) is 0 Å². The molecule has 5 fully saturated rings. The van der Waals surface area contributed by atoms with Crippen molar-refractivity contribution in [3.63, 3.8) is 0 Å². The van der Waals surface area contributed by atoms with Crippen LogP contribution in [0.25, 0.3) is 0 Å². The first kappa shape index (κ1) is 42.0. The third-order valence-corrected chi connectivity index (χ3v) is 16.3. The van der Waals surface area contributed by atoms with E-state index in [1.54, 1.807) is 0 Å². The minimum atomic E-state index is -1.75. The lowest BCUT2D eigenvalue weighted by Crippen LogP contribution is -2.67. The molecule has 310 valence electrons. The van der Waals surface area contributed by atoms with E-state index in [4.69, 9.17) is 18.9 Å². The fourth-order valence-electron chi connectivity index (χ4n) is 12.7. The minimum Gasteiger partial charge on any atom is -0.469 e. The highest BCUT2D eigenvalue weighted by molar-refractivity contribution is 5.91. The zero-order chi connectivity index (χ0) is 40.5. The molecule has 0 bridgehead atoms. The molecule has 1 saturated heterocycles. The highest BCUT2D eigenvalue weighted by Gasteiger charge is 2.71. The van der Waals surface area contributed by atoms with E-state index in [0.29, 0.717) is 44.9 Å². The van der Waals surface area contributed by atoms with Gasteiger partial charge in [-0.15, -0.1) is 0 Å². The Bertz CT molecular complexity index is 1560. The molecule has 0 aromatic rings. The molecule has 14 heteroatoms. The lowest BCUT2D eigenvalue weighted by molar-refractivity contribution is -0.297. The summed E-state index contributed by atoms with van der Waals surface area (Å²) < 4.78 is 27.2. The Morgan fingerprint density at radius 2 is 1.49 bits per heavy atom. The van der Waals surface area contributed by atoms with Crippen LogP contribution in [0.5, 0.6) is 0 Å². The third kappa shape index (κ3) is 6.36. The highest BCUT2D eigenvalue weighted by atomic mass is 16.7. The number of ether oxygens (including phenoxy) is 5.